The Kier molecular flexibility index (Phi) is 5.26. The minimum Gasteiger partial charge on any atom is -0.491 e. The molecule has 148 valence electrons. The van der Waals surface area contributed by atoms with Gasteiger partial charge >= 0.3 is 0 Å². The van der Waals surface area contributed by atoms with Crippen LogP contribution in [0.4, 0.5) is 0 Å². The second-order valence-electron chi connectivity index (χ2n) is 7.67. The second kappa shape index (κ2) is 8.00. The molecular formula is C25H26N2O2. The molecule has 4 nitrogen and oxygen atoms in total. The number of aromatic nitrogens is 2. The van der Waals surface area contributed by atoms with Crippen molar-refractivity contribution in [2.75, 3.05) is 0 Å². The number of imidazole rings is 1. The van der Waals surface area contributed by atoms with Gasteiger partial charge in [-0.2, -0.15) is 0 Å². The van der Waals surface area contributed by atoms with Gasteiger partial charge in [0.2, 0.25) is 0 Å². The average Bonchev–Trinajstić information content (AvgIpc) is 3.11. The Morgan fingerprint density at radius 2 is 1.24 bits per heavy atom. The van der Waals surface area contributed by atoms with Gasteiger partial charge in [-0.25, -0.2) is 4.98 Å². The molecule has 29 heavy (non-hydrogen) atoms. The first-order valence-corrected chi connectivity index (χ1v) is 10.0. The molecule has 4 aromatic rings. The summed E-state index contributed by atoms with van der Waals surface area (Å²) in [4.78, 5) is 4.56. The van der Waals surface area contributed by atoms with Crippen LogP contribution in [0.25, 0.3) is 27.8 Å². The fourth-order valence-corrected chi connectivity index (χ4v) is 3.35. The number of hydrogen-bond acceptors (Lipinski definition) is 3. The van der Waals surface area contributed by atoms with Crippen molar-refractivity contribution in [1.29, 1.82) is 0 Å². The lowest BCUT2D eigenvalue weighted by atomic mass is 10.0. The van der Waals surface area contributed by atoms with Gasteiger partial charge in [0.25, 0.3) is 0 Å². The van der Waals surface area contributed by atoms with E-state index in [1.165, 1.54) is 0 Å². The number of benzene rings is 3. The first-order valence-electron chi connectivity index (χ1n) is 10.0. The number of hydrogen-bond donors (Lipinski definition) is 0. The van der Waals surface area contributed by atoms with Crippen LogP contribution in [0.15, 0.2) is 73.1 Å². The van der Waals surface area contributed by atoms with Gasteiger partial charge in [-0.1, -0.05) is 18.2 Å². The van der Waals surface area contributed by atoms with Crippen molar-refractivity contribution in [3.8, 4) is 28.3 Å². The third kappa shape index (κ3) is 4.27. The van der Waals surface area contributed by atoms with Gasteiger partial charge in [-0.05, 0) is 87.4 Å². The van der Waals surface area contributed by atoms with E-state index in [0.29, 0.717) is 0 Å². The fraction of sp³-hybridized carbons (Fsp3) is 0.240. The molecule has 0 spiro atoms. The quantitative estimate of drug-likeness (QED) is 0.392. The summed E-state index contributed by atoms with van der Waals surface area (Å²) in [5, 5.41) is 0. The number of ether oxygens (including phenoxy) is 2. The molecular weight excluding hydrogens is 360 g/mol. The molecule has 0 atom stereocenters. The highest BCUT2D eigenvalue weighted by molar-refractivity contribution is 5.83. The maximum Gasteiger partial charge on any atom is 0.119 e. The summed E-state index contributed by atoms with van der Waals surface area (Å²) in [7, 11) is 0. The van der Waals surface area contributed by atoms with E-state index >= 15 is 0 Å². The van der Waals surface area contributed by atoms with Crippen LogP contribution in [-0.4, -0.2) is 21.8 Å². The standard InChI is InChI=1S/C25H26N2O2/c1-17(2)28-22-10-5-19(6-11-22)20-7-14-24-25(15-20)27(16-26-24)21-8-12-23(13-9-21)29-18(3)4/h5-18H,1-4H3. The van der Waals surface area contributed by atoms with E-state index in [0.717, 1.165) is 39.3 Å². The van der Waals surface area contributed by atoms with E-state index in [1.807, 2.05) is 58.3 Å². The molecule has 0 bridgehead atoms. The summed E-state index contributed by atoms with van der Waals surface area (Å²) < 4.78 is 13.6. The molecule has 0 saturated heterocycles. The van der Waals surface area contributed by atoms with Crippen molar-refractivity contribution in [3.05, 3.63) is 73.1 Å². The maximum absolute atomic E-state index is 5.75. The summed E-state index contributed by atoms with van der Waals surface area (Å²) in [6, 6.07) is 22.7. The maximum atomic E-state index is 5.75. The SMILES string of the molecule is CC(C)Oc1ccc(-c2ccc3ncn(-c4ccc(OC(C)C)cc4)c3c2)cc1. The minimum atomic E-state index is 0.162. The lowest BCUT2D eigenvalue weighted by molar-refractivity contribution is 0.242. The number of nitrogens with zero attached hydrogens (tertiary/aromatic N) is 2. The van der Waals surface area contributed by atoms with Crippen LogP contribution >= 0.6 is 0 Å². The zero-order chi connectivity index (χ0) is 20.4. The molecule has 0 aliphatic rings. The van der Waals surface area contributed by atoms with E-state index in [1.54, 1.807) is 0 Å². The summed E-state index contributed by atoms with van der Waals surface area (Å²) in [5.41, 5.74) is 5.39. The van der Waals surface area contributed by atoms with Crippen molar-refractivity contribution in [3.63, 3.8) is 0 Å². The van der Waals surface area contributed by atoms with Gasteiger partial charge in [0, 0.05) is 5.69 Å². The first kappa shape index (κ1) is 19.1. The van der Waals surface area contributed by atoms with Gasteiger partial charge in [0.1, 0.15) is 17.8 Å². The molecule has 4 rings (SSSR count). The Hall–Kier alpha value is -3.27. The van der Waals surface area contributed by atoms with Gasteiger partial charge in [0.05, 0.1) is 23.2 Å². The molecule has 0 fully saturated rings. The molecule has 0 radical (unpaired) electrons. The Labute approximate surface area is 171 Å². The smallest absolute Gasteiger partial charge is 0.119 e. The molecule has 0 N–H and O–H groups in total. The Bertz CT molecular complexity index is 1090. The first-order chi connectivity index (χ1) is 14.0. The van der Waals surface area contributed by atoms with Gasteiger partial charge in [0.15, 0.2) is 0 Å². The zero-order valence-corrected chi connectivity index (χ0v) is 17.3. The van der Waals surface area contributed by atoms with E-state index in [9.17, 15) is 0 Å². The second-order valence-corrected chi connectivity index (χ2v) is 7.67. The lowest BCUT2D eigenvalue weighted by Crippen LogP contribution is -2.05. The van der Waals surface area contributed by atoms with E-state index in [4.69, 9.17) is 9.47 Å². The summed E-state index contributed by atoms with van der Waals surface area (Å²) in [6.07, 6.45) is 2.20. The number of rotatable bonds is 6. The molecule has 0 saturated carbocycles. The molecule has 1 heterocycles. The average molecular weight is 386 g/mol. The largest absolute Gasteiger partial charge is 0.491 e. The van der Waals surface area contributed by atoms with Crippen molar-refractivity contribution < 1.29 is 9.47 Å². The normalized spacial score (nSPS) is 11.4. The van der Waals surface area contributed by atoms with Crippen molar-refractivity contribution in [2.45, 2.75) is 39.9 Å². The molecule has 0 aliphatic carbocycles. The molecule has 0 unspecified atom stereocenters. The Morgan fingerprint density at radius 3 is 1.83 bits per heavy atom. The van der Waals surface area contributed by atoms with E-state index < -0.39 is 0 Å². The van der Waals surface area contributed by atoms with Gasteiger partial charge in [-0.3, -0.25) is 4.57 Å². The third-order valence-corrected chi connectivity index (χ3v) is 4.59. The summed E-state index contributed by atoms with van der Waals surface area (Å²) in [6.45, 7) is 8.12. The van der Waals surface area contributed by atoms with E-state index in [-0.39, 0.29) is 12.2 Å². The zero-order valence-electron chi connectivity index (χ0n) is 17.3. The fourth-order valence-electron chi connectivity index (χ4n) is 3.35. The van der Waals surface area contributed by atoms with Crippen LogP contribution in [0.3, 0.4) is 0 Å². The van der Waals surface area contributed by atoms with Crippen LogP contribution in [0.5, 0.6) is 11.5 Å². The van der Waals surface area contributed by atoms with Crippen molar-refractivity contribution in [2.24, 2.45) is 0 Å². The molecule has 0 aliphatic heterocycles. The highest BCUT2D eigenvalue weighted by Gasteiger charge is 2.08. The predicted molar refractivity (Wildman–Crippen MR) is 118 cm³/mol. The summed E-state index contributed by atoms with van der Waals surface area (Å²) in [5.74, 6) is 1.76. The molecule has 3 aromatic carbocycles. The van der Waals surface area contributed by atoms with Crippen LogP contribution < -0.4 is 9.47 Å². The van der Waals surface area contributed by atoms with Gasteiger partial charge in [-0.15, -0.1) is 0 Å². The van der Waals surface area contributed by atoms with Crippen molar-refractivity contribution >= 4 is 11.0 Å². The Balaban J connectivity index is 1.66. The highest BCUT2D eigenvalue weighted by atomic mass is 16.5. The molecule has 1 aromatic heterocycles. The van der Waals surface area contributed by atoms with Crippen LogP contribution in [0.1, 0.15) is 27.7 Å². The molecule has 0 amide bonds. The van der Waals surface area contributed by atoms with Crippen LogP contribution in [0, 0.1) is 0 Å². The topological polar surface area (TPSA) is 36.3 Å². The van der Waals surface area contributed by atoms with Crippen LogP contribution in [0.2, 0.25) is 0 Å². The highest BCUT2D eigenvalue weighted by Crippen LogP contribution is 2.28. The third-order valence-electron chi connectivity index (χ3n) is 4.59. The molecule has 4 heteroatoms. The Morgan fingerprint density at radius 1 is 0.690 bits per heavy atom. The van der Waals surface area contributed by atoms with Crippen LogP contribution in [-0.2, 0) is 0 Å². The monoisotopic (exact) mass is 386 g/mol. The lowest BCUT2D eigenvalue weighted by Gasteiger charge is -2.11. The van der Waals surface area contributed by atoms with Gasteiger partial charge < -0.3 is 9.47 Å². The summed E-state index contributed by atoms with van der Waals surface area (Å²) >= 11 is 0. The minimum absolute atomic E-state index is 0.162. The number of fused-ring (bicyclic) bond motifs is 1. The predicted octanol–water partition coefficient (Wildman–Crippen LogP) is 6.27. The van der Waals surface area contributed by atoms with E-state index in [2.05, 4.69) is 52.0 Å². The van der Waals surface area contributed by atoms with Crippen molar-refractivity contribution in [1.82, 2.24) is 9.55 Å².